The molecule has 0 aromatic heterocycles. The molecule has 4 rings (SSSR count). The van der Waals surface area contributed by atoms with Gasteiger partial charge in [0.2, 0.25) is 0 Å². The summed E-state index contributed by atoms with van der Waals surface area (Å²) in [5.41, 5.74) is 5.19. The van der Waals surface area contributed by atoms with Gasteiger partial charge in [0.1, 0.15) is 0 Å². The molecule has 0 heterocycles. The molecule has 4 aromatic rings. The zero-order chi connectivity index (χ0) is 16.9. The van der Waals surface area contributed by atoms with E-state index in [-0.39, 0.29) is 0 Å². The Hall–Kier alpha value is -2.18. The van der Waals surface area contributed by atoms with Gasteiger partial charge in [0, 0.05) is 0 Å². The van der Waals surface area contributed by atoms with Crippen molar-refractivity contribution in [1.29, 1.82) is 0 Å². The Morgan fingerprint density at radius 2 is 0.640 bits per heavy atom. The van der Waals surface area contributed by atoms with E-state index in [1.807, 2.05) is 0 Å². The zero-order valence-corrected chi connectivity index (χ0v) is 19.6. The molecule has 0 radical (unpaired) electrons. The van der Waals surface area contributed by atoms with E-state index in [4.69, 9.17) is 0 Å². The Bertz CT molecular complexity index is 844. The van der Waals surface area contributed by atoms with Crippen LogP contribution in [0, 0.1) is 0 Å². The molecule has 0 unspecified atom stereocenters. The number of hydrogen-bond donors (Lipinski definition) is 0. The van der Waals surface area contributed by atoms with Gasteiger partial charge in [-0.3, -0.25) is 0 Å². The fourth-order valence-electron chi connectivity index (χ4n) is 3.13. The predicted octanol–water partition coefficient (Wildman–Crippen LogP) is 5.05. The fourth-order valence-corrected chi connectivity index (χ4v) is 8.62. The van der Waals surface area contributed by atoms with Crippen molar-refractivity contribution in [3.05, 3.63) is 109 Å². The summed E-state index contributed by atoms with van der Waals surface area (Å²) in [7, 11) is 0. The zero-order valence-electron chi connectivity index (χ0n) is 14.1. The summed E-state index contributed by atoms with van der Waals surface area (Å²) >= 11 is -1.26. The molecule has 0 bridgehead atoms. The van der Waals surface area contributed by atoms with Gasteiger partial charge in [-0.15, -0.1) is 0 Å². The summed E-state index contributed by atoms with van der Waals surface area (Å²) < 4.78 is 3.12. The molecule has 4 aromatic carbocycles. The van der Waals surface area contributed by atoms with Crippen LogP contribution in [0.1, 0.15) is 0 Å². The van der Waals surface area contributed by atoms with Crippen LogP contribution >= 0.6 is 0 Å². The van der Waals surface area contributed by atoms with E-state index >= 15 is 0 Å². The quantitative estimate of drug-likeness (QED) is 0.340. The molecular formula is C24H18Hg. The maximum atomic E-state index is 2.33. The van der Waals surface area contributed by atoms with E-state index in [9.17, 15) is 0 Å². The molecule has 0 atom stereocenters. The molecule has 0 aliphatic heterocycles. The van der Waals surface area contributed by atoms with E-state index < -0.39 is 24.6 Å². The third kappa shape index (κ3) is 4.08. The monoisotopic (exact) mass is 508 g/mol. The van der Waals surface area contributed by atoms with Crippen molar-refractivity contribution in [2.75, 3.05) is 0 Å². The van der Waals surface area contributed by atoms with Gasteiger partial charge < -0.3 is 0 Å². The van der Waals surface area contributed by atoms with E-state index in [2.05, 4.69) is 109 Å². The number of rotatable bonds is 4. The van der Waals surface area contributed by atoms with Crippen molar-refractivity contribution in [3.63, 3.8) is 0 Å². The first-order chi connectivity index (χ1) is 12.4. The minimum absolute atomic E-state index is 1.26. The average molecular weight is 507 g/mol. The second kappa shape index (κ2) is 7.80. The van der Waals surface area contributed by atoms with Crippen LogP contribution in [0.15, 0.2) is 109 Å². The third-order valence-corrected chi connectivity index (χ3v) is 11.4. The SMILES string of the molecule is c1ccc(-c2cc[c]([Hg][c]3ccc(-c4ccccc4)cc3)cc2)cc1. The summed E-state index contributed by atoms with van der Waals surface area (Å²) in [4.78, 5) is 0. The van der Waals surface area contributed by atoms with Crippen LogP contribution in [0.25, 0.3) is 22.3 Å². The Morgan fingerprint density at radius 1 is 0.320 bits per heavy atom. The second-order valence-corrected chi connectivity index (χ2v) is 14.0. The van der Waals surface area contributed by atoms with Gasteiger partial charge in [-0.25, -0.2) is 0 Å². The van der Waals surface area contributed by atoms with Crippen molar-refractivity contribution in [3.8, 4) is 22.3 Å². The summed E-state index contributed by atoms with van der Waals surface area (Å²) in [6, 6.07) is 39.6. The Balaban J connectivity index is 1.49. The molecule has 1 heteroatoms. The van der Waals surface area contributed by atoms with Crippen molar-refractivity contribution >= 4 is 6.14 Å². The van der Waals surface area contributed by atoms with Gasteiger partial charge in [-0.05, 0) is 0 Å². The van der Waals surface area contributed by atoms with Crippen LogP contribution < -0.4 is 6.14 Å². The third-order valence-electron chi connectivity index (χ3n) is 4.53. The number of benzene rings is 4. The second-order valence-electron chi connectivity index (χ2n) is 6.30. The molecular weight excluding hydrogens is 489 g/mol. The molecule has 0 amide bonds. The molecule has 116 valence electrons. The molecule has 0 nitrogen and oxygen atoms in total. The van der Waals surface area contributed by atoms with Gasteiger partial charge in [0.05, 0.1) is 0 Å². The first-order valence-corrected chi connectivity index (χ1v) is 14.2. The van der Waals surface area contributed by atoms with Gasteiger partial charge in [-0.2, -0.15) is 0 Å². The van der Waals surface area contributed by atoms with Crippen LogP contribution in [0.4, 0.5) is 0 Å². The van der Waals surface area contributed by atoms with Crippen LogP contribution in [0.3, 0.4) is 0 Å². The fraction of sp³-hybridized carbons (Fsp3) is 0. The van der Waals surface area contributed by atoms with Gasteiger partial charge >= 0.3 is 162 Å². The van der Waals surface area contributed by atoms with Crippen molar-refractivity contribution in [1.82, 2.24) is 0 Å². The molecule has 0 aliphatic rings. The molecule has 0 N–H and O–H groups in total. The number of hydrogen-bond acceptors (Lipinski definition) is 0. The van der Waals surface area contributed by atoms with Crippen LogP contribution in [0.2, 0.25) is 0 Å². The van der Waals surface area contributed by atoms with Crippen molar-refractivity contribution < 1.29 is 24.6 Å². The molecule has 0 saturated heterocycles. The van der Waals surface area contributed by atoms with Gasteiger partial charge in [0.15, 0.2) is 0 Å². The van der Waals surface area contributed by atoms with Crippen LogP contribution in [-0.2, 0) is 24.6 Å². The van der Waals surface area contributed by atoms with Gasteiger partial charge in [0.25, 0.3) is 0 Å². The molecule has 0 aliphatic carbocycles. The topological polar surface area (TPSA) is 0 Å². The summed E-state index contributed by atoms with van der Waals surface area (Å²) in [6.07, 6.45) is 0. The summed E-state index contributed by atoms with van der Waals surface area (Å²) in [5, 5.41) is 0. The van der Waals surface area contributed by atoms with E-state index in [0.29, 0.717) is 0 Å². The molecule has 0 spiro atoms. The van der Waals surface area contributed by atoms with Gasteiger partial charge in [-0.1, -0.05) is 0 Å². The molecule has 0 saturated carbocycles. The first kappa shape index (κ1) is 16.3. The Morgan fingerprint density at radius 3 is 1.00 bits per heavy atom. The van der Waals surface area contributed by atoms with Crippen LogP contribution in [-0.4, -0.2) is 0 Å². The Labute approximate surface area is 161 Å². The Kier molecular flexibility index (Phi) is 5.08. The standard InChI is InChI=1S/2C12H9.Hg/c2*1-3-7-11(8-4-1)12-9-5-2-6-10-12;/h2*1,3-10H;. The van der Waals surface area contributed by atoms with Crippen LogP contribution in [0.5, 0.6) is 0 Å². The predicted molar refractivity (Wildman–Crippen MR) is 103 cm³/mol. The van der Waals surface area contributed by atoms with E-state index in [1.165, 1.54) is 22.3 Å². The summed E-state index contributed by atoms with van der Waals surface area (Å²) in [6.45, 7) is 0. The average Bonchev–Trinajstić information content (AvgIpc) is 2.71. The van der Waals surface area contributed by atoms with Crippen molar-refractivity contribution in [2.24, 2.45) is 0 Å². The minimum atomic E-state index is -1.26. The maximum absolute atomic E-state index is 2.33. The van der Waals surface area contributed by atoms with Crippen molar-refractivity contribution in [2.45, 2.75) is 0 Å². The normalized spacial score (nSPS) is 10.2. The van der Waals surface area contributed by atoms with E-state index in [0.717, 1.165) is 0 Å². The van der Waals surface area contributed by atoms with E-state index in [1.54, 1.807) is 6.14 Å². The summed E-state index contributed by atoms with van der Waals surface area (Å²) in [5.74, 6) is 0. The molecule has 0 fully saturated rings. The molecule has 25 heavy (non-hydrogen) atoms. The first-order valence-electron chi connectivity index (χ1n) is 8.67.